The Bertz CT molecular complexity index is 798. The number of benzene rings is 2. The maximum Gasteiger partial charge on any atom is 0.318 e. The Morgan fingerprint density at radius 1 is 1.21 bits per heavy atom. The van der Waals surface area contributed by atoms with Gasteiger partial charge in [-0.25, -0.2) is 13.6 Å². The molecular weight excluding hydrogens is 376 g/mol. The summed E-state index contributed by atoms with van der Waals surface area (Å²) < 4.78 is 32.8. The molecule has 1 saturated heterocycles. The molecule has 1 fully saturated rings. The number of amides is 2. The lowest BCUT2D eigenvalue weighted by Crippen LogP contribution is -2.50. The predicted octanol–water partition coefficient (Wildman–Crippen LogP) is 3.62. The van der Waals surface area contributed by atoms with E-state index in [0.717, 1.165) is 37.6 Å². The number of piperidine rings is 1. The van der Waals surface area contributed by atoms with Crippen molar-refractivity contribution in [2.75, 3.05) is 26.8 Å². The summed E-state index contributed by atoms with van der Waals surface area (Å²) in [5, 5.41) is 6.30. The van der Waals surface area contributed by atoms with Crippen LogP contribution in [-0.2, 0) is 11.3 Å². The van der Waals surface area contributed by atoms with E-state index in [-0.39, 0.29) is 24.7 Å². The van der Waals surface area contributed by atoms with Crippen molar-refractivity contribution < 1.29 is 18.3 Å². The van der Waals surface area contributed by atoms with E-state index in [9.17, 15) is 13.6 Å². The number of methoxy groups -OCH3 is 1. The Kier molecular flexibility index (Phi) is 7.55. The number of carbonyl (C=O) groups is 1. The number of nitrogens with one attached hydrogen (secondary N) is 2. The zero-order valence-corrected chi connectivity index (χ0v) is 16.5. The van der Waals surface area contributed by atoms with E-state index in [1.165, 1.54) is 12.1 Å². The molecule has 1 heterocycles. The molecule has 7 heteroatoms. The van der Waals surface area contributed by atoms with E-state index in [0.29, 0.717) is 12.2 Å². The first-order valence-corrected chi connectivity index (χ1v) is 9.84. The van der Waals surface area contributed by atoms with Crippen LogP contribution in [0.5, 0.6) is 0 Å². The number of rotatable bonds is 7. The van der Waals surface area contributed by atoms with E-state index in [1.54, 1.807) is 12.0 Å². The second kappa shape index (κ2) is 10.3. The summed E-state index contributed by atoms with van der Waals surface area (Å²) in [5.74, 6) is -1.28. The van der Waals surface area contributed by atoms with Gasteiger partial charge < -0.3 is 20.3 Å². The smallest absolute Gasteiger partial charge is 0.318 e. The van der Waals surface area contributed by atoms with E-state index < -0.39 is 11.6 Å². The topological polar surface area (TPSA) is 53.6 Å². The van der Waals surface area contributed by atoms with Crippen molar-refractivity contribution >= 4 is 6.03 Å². The summed E-state index contributed by atoms with van der Waals surface area (Å²) in [6.07, 6.45) is 1.55. The first-order valence-electron chi connectivity index (χ1n) is 9.84. The third-order valence-electron chi connectivity index (χ3n) is 5.20. The lowest BCUT2D eigenvalue weighted by molar-refractivity contribution is 0.134. The molecule has 0 radical (unpaired) electrons. The maximum absolute atomic E-state index is 14.3. The molecule has 1 aliphatic heterocycles. The van der Waals surface area contributed by atoms with Gasteiger partial charge in [0.1, 0.15) is 11.6 Å². The summed E-state index contributed by atoms with van der Waals surface area (Å²) in [7, 11) is 1.58. The monoisotopic (exact) mass is 403 g/mol. The van der Waals surface area contributed by atoms with Crippen LogP contribution >= 0.6 is 0 Å². The molecule has 1 unspecified atom stereocenters. The van der Waals surface area contributed by atoms with E-state index >= 15 is 0 Å². The van der Waals surface area contributed by atoms with Crippen molar-refractivity contribution in [3.8, 4) is 0 Å². The minimum Gasteiger partial charge on any atom is -0.382 e. The van der Waals surface area contributed by atoms with Gasteiger partial charge in [0, 0.05) is 24.8 Å². The average molecular weight is 403 g/mol. The molecule has 0 spiro atoms. The molecular formula is C22H27F2N3O2. The van der Waals surface area contributed by atoms with Crippen LogP contribution < -0.4 is 10.6 Å². The minimum atomic E-state index is -0.645. The van der Waals surface area contributed by atoms with E-state index in [4.69, 9.17) is 4.74 Å². The van der Waals surface area contributed by atoms with Gasteiger partial charge in [0.2, 0.25) is 0 Å². The quantitative estimate of drug-likeness (QED) is 0.743. The van der Waals surface area contributed by atoms with Gasteiger partial charge in [-0.3, -0.25) is 0 Å². The Morgan fingerprint density at radius 3 is 2.59 bits per heavy atom. The molecule has 5 nitrogen and oxygen atoms in total. The van der Waals surface area contributed by atoms with Crippen LogP contribution in [0.4, 0.5) is 13.6 Å². The van der Waals surface area contributed by atoms with Crippen LogP contribution in [0.3, 0.4) is 0 Å². The lowest BCUT2D eigenvalue weighted by atomic mass is 10.0. The molecule has 3 rings (SSSR count). The molecule has 2 amide bonds. The zero-order valence-electron chi connectivity index (χ0n) is 16.5. The number of hydrogen-bond acceptors (Lipinski definition) is 3. The number of halogens is 2. The van der Waals surface area contributed by atoms with Crippen LogP contribution in [-0.4, -0.2) is 43.8 Å². The van der Waals surface area contributed by atoms with Crippen molar-refractivity contribution in [1.29, 1.82) is 0 Å². The van der Waals surface area contributed by atoms with Crippen LogP contribution in [0.2, 0.25) is 0 Å². The van der Waals surface area contributed by atoms with Gasteiger partial charge in [-0.1, -0.05) is 36.4 Å². The van der Waals surface area contributed by atoms with Crippen molar-refractivity contribution in [2.45, 2.75) is 31.5 Å². The molecule has 2 aromatic carbocycles. The summed E-state index contributed by atoms with van der Waals surface area (Å²) in [6, 6.07) is 12.4. The highest BCUT2D eigenvalue weighted by atomic mass is 19.1. The van der Waals surface area contributed by atoms with Crippen molar-refractivity contribution in [2.24, 2.45) is 0 Å². The first-order chi connectivity index (χ1) is 14.1. The SMILES string of the molecule is COCC(NC(=O)N(Cc1ccc(F)cc1F)C1CCNCC1)c1ccccc1. The first kappa shape index (κ1) is 21.2. The Hall–Kier alpha value is -2.51. The van der Waals surface area contributed by atoms with E-state index in [1.807, 2.05) is 30.3 Å². The molecule has 0 saturated carbocycles. The number of hydrogen-bond donors (Lipinski definition) is 2. The highest BCUT2D eigenvalue weighted by Gasteiger charge is 2.28. The fourth-order valence-electron chi connectivity index (χ4n) is 3.62. The number of nitrogens with zero attached hydrogens (tertiary/aromatic N) is 1. The van der Waals surface area contributed by atoms with Crippen LogP contribution in [0.25, 0.3) is 0 Å². The standard InChI is InChI=1S/C22H27F2N3O2/c1-29-15-21(16-5-3-2-4-6-16)26-22(28)27(19-9-11-25-12-10-19)14-17-7-8-18(23)13-20(17)24/h2-8,13,19,21,25H,9-12,14-15H2,1H3,(H,26,28). The lowest BCUT2D eigenvalue weighted by Gasteiger charge is -2.36. The summed E-state index contributed by atoms with van der Waals surface area (Å²) in [5.41, 5.74) is 1.23. The highest BCUT2D eigenvalue weighted by molar-refractivity contribution is 5.75. The molecule has 156 valence electrons. The largest absolute Gasteiger partial charge is 0.382 e. The minimum absolute atomic E-state index is 0.0281. The van der Waals surface area contributed by atoms with Gasteiger partial charge in [-0.2, -0.15) is 0 Å². The summed E-state index contributed by atoms with van der Waals surface area (Å²) in [4.78, 5) is 14.9. The van der Waals surface area contributed by atoms with Crippen LogP contribution in [0.15, 0.2) is 48.5 Å². The zero-order chi connectivity index (χ0) is 20.6. The van der Waals surface area contributed by atoms with Crippen LogP contribution in [0.1, 0.15) is 30.0 Å². The number of urea groups is 1. The van der Waals surface area contributed by atoms with Gasteiger partial charge in [0.15, 0.2) is 0 Å². The second-order valence-electron chi connectivity index (χ2n) is 7.21. The van der Waals surface area contributed by atoms with Crippen LogP contribution in [0, 0.1) is 11.6 Å². The molecule has 1 atom stereocenters. The number of carbonyl (C=O) groups excluding carboxylic acids is 1. The van der Waals surface area contributed by atoms with Gasteiger partial charge >= 0.3 is 6.03 Å². The predicted molar refractivity (Wildman–Crippen MR) is 107 cm³/mol. The Morgan fingerprint density at radius 2 is 1.93 bits per heavy atom. The van der Waals surface area contributed by atoms with Gasteiger partial charge in [-0.05, 0) is 37.6 Å². The van der Waals surface area contributed by atoms with Gasteiger partial charge in [0.25, 0.3) is 0 Å². The van der Waals surface area contributed by atoms with Gasteiger partial charge in [-0.15, -0.1) is 0 Å². The molecule has 1 aliphatic rings. The fraction of sp³-hybridized carbons (Fsp3) is 0.409. The maximum atomic E-state index is 14.3. The molecule has 29 heavy (non-hydrogen) atoms. The number of ether oxygens (including phenoxy) is 1. The second-order valence-corrected chi connectivity index (χ2v) is 7.21. The summed E-state index contributed by atoms with van der Waals surface area (Å²) >= 11 is 0. The van der Waals surface area contributed by atoms with Crippen molar-refractivity contribution in [1.82, 2.24) is 15.5 Å². The van der Waals surface area contributed by atoms with Crippen molar-refractivity contribution in [3.05, 3.63) is 71.3 Å². The third-order valence-corrected chi connectivity index (χ3v) is 5.20. The molecule has 0 aliphatic carbocycles. The molecule has 0 aromatic heterocycles. The third kappa shape index (κ3) is 5.74. The van der Waals surface area contributed by atoms with Gasteiger partial charge in [0.05, 0.1) is 19.2 Å². The Balaban J connectivity index is 1.81. The Labute approximate surface area is 170 Å². The fourth-order valence-corrected chi connectivity index (χ4v) is 3.62. The highest BCUT2D eigenvalue weighted by Crippen LogP contribution is 2.20. The molecule has 2 N–H and O–H groups in total. The molecule has 0 bridgehead atoms. The van der Waals surface area contributed by atoms with Crippen molar-refractivity contribution in [3.63, 3.8) is 0 Å². The normalized spacial score (nSPS) is 15.7. The summed E-state index contributed by atoms with van der Waals surface area (Å²) in [6.45, 7) is 1.99. The average Bonchev–Trinajstić information content (AvgIpc) is 2.74. The van der Waals surface area contributed by atoms with E-state index in [2.05, 4.69) is 10.6 Å². The molecule has 2 aromatic rings.